The lowest BCUT2D eigenvalue weighted by molar-refractivity contribution is 0.414. The van der Waals surface area contributed by atoms with Crippen LogP contribution < -0.4 is 10.5 Å². The van der Waals surface area contributed by atoms with Gasteiger partial charge in [0.25, 0.3) is 0 Å². The van der Waals surface area contributed by atoms with E-state index in [1.807, 2.05) is 31.2 Å². The van der Waals surface area contributed by atoms with Gasteiger partial charge in [0.1, 0.15) is 17.4 Å². The number of hydrogen-bond acceptors (Lipinski definition) is 3. The van der Waals surface area contributed by atoms with Crippen LogP contribution in [0.1, 0.15) is 17.7 Å². The van der Waals surface area contributed by atoms with Crippen LogP contribution >= 0.6 is 11.8 Å². The number of methoxy groups -OCH3 is 1. The topological polar surface area (TPSA) is 35.2 Å². The summed E-state index contributed by atoms with van der Waals surface area (Å²) in [6.45, 7) is 1.85. The number of hydrogen-bond donors (Lipinski definition) is 1. The summed E-state index contributed by atoms with van der Waals surface area (Å²) in [5.74, 6) is -0.165. The molecule has 0 aliphatic carbocycles. The predicted molar refractivity (Wildman–Crippen MR) is 81.6 cm³/mol. The third kappa shape index (κ3) is 3.95. The number of benzene rings is 2. The predicted octanol–water partition coefficient (Wildman–Crippen LogP) is 4.15. The first-order chi connectivity index (χ1) is 10.0. The zero-order valence-electron chi connectivity index (χ0n) is 11.8. The SMILES string of the molecule is COc1ccc(C(Sc2cc(F)ccc2F)C(C)N)cc1. The van der Waals surface area contributed by atoms with E-state index >= 15 is 0 Å². The molecule has 0 heterocycles. The zero-order valence-corrected chi connectivity index (χ0v) is 12.7. The van der Waals surface area contributed by atoms with E-state index in [0.29, 0.717) is 0 Å². The smallest absolute Gasteiger partial charge is 0.136 e. The molecule has 0 spiro atoms. The van der Waals surface area contributed by atoms with Gasteiger partial charge in [-0.05, 0) is 42.8 Å². The fourth-order valence-corrected chi connectivity index (χ4v) is 3.12. The molecule has 2 rings (SSSR count). The van der Waals surface area contributed by atoms with Crippen LogP contribution in [-0.4, -0.2) is 13.2 Å². The molecule has 0 fully saturated rings. The average Bonchev–Trinajstić information content (AvgIpc) is 2.48. The van der Waals surface area contributed by atoms with Crippen molar-refractivity contribution in [3.05, 3.63) is 59.7 Å². The van der Waals surface area contributed by atoms with Gasteiger partial charge < -0.3 is 10.5 Å². The van der Waals surface area contributed by atoms with Gasteiger partial charge in [-0.15, -0.1) is 11.8 Å². The van der Waals surface area contributed by atoms with Gasteiger partial charge in [0, 0.05) is 16.2 Å². The summed E-state index contributed by atoms with van der Waals surface area (Å²) in [4.78, 5) is 0.258. The van der Waals surface area contributed by atoms with Crippen molar-refractivity contribution in [1.82, 2.24) is 0 Å². The lowest BCUT2D eigenvalue weighted by atomic mass is 10.1. The Kier molecular flexibility index (Phi) is 5.20. The Morgan fingerprint density at radius 3 is 2.33 bits per heavy atom. The van der Waals surface area contributed by atoms with E-state index in [1.165, 1.54) is 17.8 Å². The van der Waals surface area contributed by atoms with E-state index in [0.717, 1.165) is 23.4 Å². The molecule has 2 aromatic rings. The Balaban J connectivity index is 2.28. The highest BCUT2D eigenvalue weighted by molar-refractivity contribution is 7.99. The van der Waals surface area contributed by atoms with Crippen LogP contribution in [0.3, 0.4) is 0 Å². The molecule has 2 aromatic carbocycles. The molecule has 2 nitrogen and oxygen atoms in total. The van der Waals surface area contributed by atoms with Crippen molar-refractivity contribution in [1.29, 1.82) is 0 Å². The minimum atomic E-state index is -0.461. The lowest BCUT2D eigenvalue weighted by Crippen LogP contribution is -2.22. The quantitative estimate of drug-likeness (QED) is 0.843. The number of rotatable bonds is 5. The van der Waals surface area contributed by atoms with Crippen LogP contribution in [0.2, 0.25) is 0 Å². The molecule has 21 heavy (non-hydrogen) atoms. The molecule has 0 bridgehead atoms. The third-order valence-corrected chi connectivity index (χ3v) is 4.59. The number of halogens is 2. The fourth-order valence-electron chi connectivity index (χ4n) is 1.98. The minimum Gasteiger partial charge on any atom is -0.497 e. The van der Waals surface area contributed by atoms with Crippen LogP contribution in [0.15, 0.2) is 47.4 Å². The van der Waals surface area contributed by atoms with Crippen molar-refractivity contribution in [2.24, 2.45) is 5.73 Å². The van der Waals surface area contributed by atoms with Gasteiger partial charge in [0.05, 0.1) is 7.11 Å². The largest absolute Gasteiger partial charge is 0.497 e. The summed E-state index contributed by atoms with van der Waals surface area (Å²) in [6.07, 6.45) is 0. The van der Waals surface area contributed by atoms with Crippen molar-refractivity contribution in [3.63, 3.8) is 0 Å². The number of thioether (sulfide) groups is 1. The van der Waals surface area contributed by atoms with Gasteiger partial charge in [-0.3, -0.25) is 0 Å². The van der Waals surface area contributed by atoms with Gasteiger partial charge in [-0.1, -0.05) is 12.1 Å². The fraction of sp³-hybridized carbons (Fsp3) is 0.250. The second-order valence-electron chi connectivity index (χ2n) is 4.75. The maximum Gasteiger partial charge on any atom is 0.136 e. The molecule has 0 amide bonds. The molecule has 2 unspecified atom stereocenters. The first kappa shape index (κ1) is 15.8. The van der Waals surface area contributed by atoms with E-state index in [-0.39, 0.29) is 16.2 Å². The molecule has 5 heteroatoms. The lowest BCUT2D eigenvalue weighted by Gasteiger charge is -2.21. The van der Waals surface area contributed by atoms with Crippen LogP contribution in [0.25, 0.3) is 0 Å². The molecule has 2 atom stereocenters. The van der Waals surface area contributed by atoms with E-state index in [1.54, 1.807) is 7.11 Å². The van der Waals surface area contributed by atoms with Gasteiger partial charge >= 0.3 is 0 Å². The number of ether oxygens (including phenoxy) is 1. The summed E-state index contributed by atoms with van der Waals surface area (Å²) in [5.41, 5.74) is 6.95. The summed E-state index contributed by atoms with van der Waals surface area (Å²) < 4.78 is 32.2. The molecule has 0 aliphatic rings. The van der Waals surface area contributed by atoms with Gasteiger partial charge in [-0.2, -0.15) is 0 Å². The van der Waals surface area contributed by atoms with Gasteiger partial charge in [-0.25, -0.2) is 8.78 Å². The first-order valence-electron chi connectivity index (χ1n) is 6.52. The van der Waals surface area contributed by atoms with Crippen molar-refractivity contribution < 1.29 is 13.5 Å². The Morgan fingerprint density at radius 2 is 1.76 bits per heavy atom. The molecule has 0 saturated carbocycles. The molecule has 112 valence electrons. The molecule has 0 aromatic heterocycles. The normalized spacial score (nSPS) is 13.8. The van der Waals surface area contributed by atoms with Crippen LogP contribution in [0.4, 0.5) is 8.78 Å². The Morgan fingerprint density at radius 1 is 1.10 bits per heavy atom. The van der Waals surface area contributed by atoms with E-state index in [2.05, 4.69) is 0 Å². The second kappa shape index (κ2) is 6.91. The Labute approximate surface area is 127 Å². The van der Waals surface area contributed by atoms with Crippen LogP contribution in [0.5, 0.6) is 5.75 Å². The monoisotopic (exact) mass is 309 g/mol. The maximum atomic E-state index is 13.8. The van der Waals surface area contributed by atoms with Crippen molar-refractivity contribution >= 4 is 11.8 Å². The summed E-state index contributed by atoms with van der Waals surface area (Å²) >= 11 is 1.22. The van der Waals surface area contributed by atoms with Crippen LogP contribution in [-0.2, 0) is 0 Å². The zero-order chi connectivity index (χ0) is 15.4. The number of nitrogens with two attached hydrogens (primary N) is 1. The third-order valence-electron chi connectivity index (χ3n) is 3.07. The molecule has 2 N–H and O–H groups in total. The Bertz CT molecular complexity index is 602. The molecule has 0 radical (unpaired) electrons. The molecular formula is C16H17F2NOS. The van der Waals surface area contributed by atoms with Crippen LogP contribution in [0, 0.1) is 11.6 Å². The Hall–Kier alpha value is -1.59. The molecular weight excluding hydrogens is 292 g/mol. The molecule has 0 saturated heterocycles. The van der Waals surface area contributed by atoms with E-state index in [9.17, 15) is 8.78 Å². The summed E-state index contributed by atoms with van der Waals surface area (Å²) in [5, 5.41) is -0.174. The van der Waals surface area contributed by atoms with Crippen molar-refractivity contribution in [2.75, 3.05) is 7.11 Å². The van der Waals surface area contributed by atoms with E-state index < -0.39 is 11.6 Å². The average molecular weight is 309 g/mol. The highest BCUT2D eigenvalue weighted by Gasteiger charge is 2.20. The highest BCUT2D eigenvalue weighted by atomic mass is 32.2. The highest BCUT2D eigenvalue weighted by Crippen LogP contribution is 2.39. The van der Waals surface area contributed by atoms with E-state index in [4.69, 9.17) is 10.5 Å². The maximum absolute atomic E-state index is 13.8. The standard InChI is InChI=1S/C16H17F2NOS/c1-10(19)16(11-3-6-13(20-2)7-4-11)21-15-9-12(17)5-8-14(15)18/h3-10,16H,19H2,1-2H3. The van der Waals surface area contributed by atoms with Crippen molar-refractivity contribution in [3.8, 4) is 5.75 Å². The summed E-state index contributed by atoms with van der Waals surface area (Å²) in [7, 11) is 1.59. The summed E-state index contributed by atoms with van der Waals surface area (Å²) in [6, 6.07) is 10.6. The van der Waals surface area contributed by atoms with Gasteiger partial charge in [0.15, 0.2) is 0 Å². The van der Waals surface area contributed by atoms with Crippen molar-refractivity contribution in [2.45, 2.75) is 23.1 Å². The van der Waals surface area contributed by atoms with Gasteiger partial charge in [0.2, 0.25) is 0 Å². The first-order valence-corrected chi connectivity index (χ1v) is 7.40. The second-order valence-corrected chi connectivity index (χ2v) is 5.93. The minimum absolute atomic E-state index is 0.174. The molecule has 0 aliphatic heterocycles.